The van der Waals surface area contributed by atoms with E-state index in [1.165, 1.54) is 6.07 Å². The molecule has 0 aliphatic heterocycles. The molecule has 1 saturated carbocycles. The number of carbonyl (C=O) groups is 1. The van der Waals surface area contributed by atoms with Crippen molar-refractivity contribution >= 4 is 5.78 Å². The zero-order chi connectivity index (χ0) is 11.6. The Morgan fingerprint density at radius 3 is 2.62 bits per heavy atom. The topological polar surface area (TPSA) is 40.9 Å². The van der Waals surface area contributed by atoms with Gasteiger partial charge < -0.3 is 0 Å². The Kier molecular flexibility index (Phi) is 2.74. The number of nitrogens with zero attached hydrogens (tertiary/aromatic N) is 1. The number of nitriles is 1. The van der Waals surface area contributed by atoms with Crippen molar-refractivity contribution in [3.8, 4) is 6.07 Å². The summed E-state index contributed by atoms with van der Waals surface area (Å²) in [4.78, 5) is 11.9. The smallest absolute Gasteiger partial charge is 0.157 e. The molecule has 1 fully saturated rings. The van der Waals surface area contributed by atoms with Crippen molar-refractivity contribution < 1.29 is 9.18 Å². The van der Waals surface area contributed by atoms with E-state index in [0.29, 0.717) is 18.4 Å². The number of benzene rings is 1. The van der Waals surface area contributed by atoms with Crippen LogP contribution < -0.4 is 0 Å². The number of rotatable bonds is 3. The van der Waals surface area contributed by atoms with Crippen LogP contribution in [-0.4, -0.2) is 5.78 Å². The van der Waals surface area contributed by atoms with E-state index >= 15 is 0 Å². The largest absolute Gasteiger partial charge is 0.298 e. The van der Waals surface area contributed by atoms with Crippen LogP contribution in [-0.2, 0) is 10.2 Å². The van der Waals surface area contributed by atoms with E-state index in [0.717, 1.165) is 6.42 Å². The van der Waals surface area contributed by atoms with Gasteiger partial charge >= 0.3 is 0 Å². The molecule has 1 aliphatic rings. The zero-order valence-electron chi connectivity index (χ0n) is 8.87. The Bertz CT molecular complexity index is 457. The molecule has 3 heteroatoms. The van der Waals surface area contributed by atoms with Crippen LogP contribution in [0.3, 0.4) is 0 Å². The maximum Gasteiger partial charge on any atom is 0.157 e. The first-order valence-electron chi connectivity index (χ1n) is 5.36. The van der Waals surface area contributed by atoms with Gasteiger partial charge in [-0.05, 0) is 18.9 Å². The van der Waals surface area contributed by atoms with Gasteiger partial charge in [0, 0.05) is 5.56 Å². The lowest BCUT2D eigenvalue weighted by Gasteiger charge is -2.40. The minimum absolute atomic E-state index is 0.131. The Hall–Kier alpha value is -1.69. The molecule has 1 aliphatic carbocycles. The standard InChI is InChI=1S/C13H12FNO/c14-11-5-2-1-4-10(11)13(7-3-8-13)12(16)6-9-15/h1-2,4-5H,3,6-8H2. The quantitative estimate of drug-likeness (QED) is 0.781. The van der Waals surface area contributed by atoms with E-state index in [2.05, 4.69) is 0 Å². The average molecular weight is 217 g/mol. The summed E-state index contributed by atoms with van der Waals surface area (Å²) in [5.74, 6) is -0.486. The fourth-order valence-corrected chi connectivity index (χ4v) is 2.32. The van der Waals surface area contributed by atoms with Gasteiger partial charge in [0.05, 0.1) is 17.9 Å². The molecule has 0 atom stereocenters. The highest BCUT2D eigenvalue weighted by atomic mass is 19.1. The molecule has 1 aromatic rings. The third-order valence-electron chi connectivity index (χ3n) is 3.37. The van der Waals surface area contributed by atoms with E-state index in [-0.39, 0.29) is 18.0 Å². The monoisotopic (exact) mass is 217 g/mol. The molecule has 0 bridgehead atoms. The molecule has 16 heavy (non-hydrogen) atoms. The molecule has 1 aromatic carbocycles. The van der Waals surface area contributed by atoms with Gasteiger partial charge in [0.1, 0.15) is 5.82 Å². The van der Waals surface area contributed by atoms with Crippen LogP contribution in [0, 0.1) is 17.1 Å². The molecule has 2 nitrogen and oxygen atoms in total. The van der Waals surface area contributed by atoms with Crippen LogP contribution in [0.4, 0.5) is 4.39 Å². The van der Waals surface area contributed by atoms with Gasteiger partial charge in [0.15, 0.2) is 5.78 Å². The second kappa shape index (κ2) is 4.05. The first-order chi connectivity index (χ1) is 7.70. The molecular formula is C13H12FNO. The van der Waals surface area contributed by atoms with Crippen molar-refractivity contribution in [2.75, 3.05) is 0 Å². The minimum atomic E-state index is -0.721. The van der Waals surface area contributed by atoms with Crippen LogP contribution in [0.5, 0.6) is 0 Å². The molecule has 0 saturated heterocycles. The molecule has 0 N–H and O–H groups in total. The Balaban J connectivity index is 2.40. The van der Waals surface area contributed by atoms with Crippen molar-refractivity contribution in [3.63, 3.8) is 0 Å². The number of hydrogen-bond donors (Lipinski definition) is 0. The zero-order valence-corrected chi connectivity index (χ0v) is 8.87. The molecule has 2 rings (SSSR count). The summed E-state index contributed by atoms with van der Waals surface area (Å²) in [5, 5.41) is 8.57. The van der Waals surface area contributed by atoms with Crippen LogP contribution in [0.1, 0.15) is 31.2 Å². The highest BCUT2D eigenvalue weighted by Crippen LogP contribution is 2.45. The first kappa shape index (κ1) is 10.8. The fourth-order valence-electron chi connectivity index (χ4n) is 2.32. The van der Waals surface area contributed by atoms with Gasteiger partial charge in [-0.2, -0.15) is 5.26 Å². The summed E-state index contributed by atoms with van der Waals surface area (Å²) in [7, 11) is 0. The lowest BCUT2D eigenvalue weighted by atomic mass is 9.61. The van der Waals surface area contributed by atoms with Gasteiger partial charge in [-0.3, -0.25) is 4.79 Å². The summed E-state index contributed by atoms with van der Waals surface area (Å²) in [5.41, 5.74) is -0.261. The van der Waals surface area contributed by atoms with Crippen LogP contribution in [0.15, 0.2) is 24.3 Å². The second-order valence-electron chi connectivity index (χ2n) is 4.17. The molecule has 0 amide bonds. The molecule has 0 aromatic heterocycles. The molecule has 0 radical (unpaired) electrons. The van der Waals surface area contributed by atoms with Crippen molar-refractivity contribution in [1.29, 1.82) is 5.26 Å². The number of Topliss-reactive ketones (excluding diaryl/α,β-unsaturated/α-hetero) is 1. The molecular weight excluding hydrogens is 205 g/mol. The van der Waals surface area contributed by atoms with E-state index < -0.39 is 5.41 Å². The van der Waals surface area contributed by atoms with Gasteiger partial charge in [-0.25, -0.2) is 4.39 Å². The maximum atomic E-state index is 13.7. The average Bonchev–Trinajstić information content (AvgIpc) is 2.19. The van der Waals surface area contributed by atoms with Gasteiger partial charge in [-0.1, -0.05) is 24.6 Å². The van der Waals surface area contributed by atoms with Crippen molar-refractivity contribution in [2.24, 2.45) is 0 Å². The fraction of sp³-hybridized carbons (Fsp3) is 0.385. The van der Waals surface area contributed by atoms with Crippen LogP contribution in [0.25, 0.3) is 0 Å². The highest BCUT2D eigenvalue weighted by Gasteiger charge is 2.46. The summed E-state index contributed by atoms with van der Waals surface area (Å²) >= 11 is 0. The van der Waals surface area contributed by atoms with E-state index in [4.69, 9.17) is 5.26 Å². The van der Waals surface area contributed by atoms with Gasteiger partial charge in [0.2, 0.25) is 0 Å². The molecule has 82 valence electrons. The van der Waals surface area contributed by atoms with E-state index in [9.17, 15) is 9.18 Å². The van der Waals surface area contributed by atoms with Gasteiger partial charge in [0.25, 0.3) is 0 Å². The number of carbonyl (C=O) groups excluding carboxylic acids is 1. The Morgan fingerprint density at radius 2 is 2.12 bits per heavy atom. The van der Waals surface area contributed by atoms with Crippen molar-refractivity contribution in [2.45, 2.75) is 31.1 Å². The van der Waals surface area contributed by atoms with Gasteiger partial charge in [-0.15, -0.1) is 0 Å². The molecule has 0 spiro atoms. The SMILES string of the molecule is N#CCC(=O)C1(c2ccccc2F)CCC1. The Labute approximate surface area is 93.7 Å². The predicted molar refractivity (Wildman–Crippen MR) is 57.2 cm³/mol. The summed E-state index contributed by atoms with van der Waals surface area (Å²) < 4.78 is 13.7. The normalized spacial score (nSPS) is 17.2. The summed E-state index contributed by atoms with van der Waals surface area (Å²) in [6.45, 7) is 0. The number of halogens is 1. The lowest BCUT2D eigenvalue weighted by Crippen LogP contribution is -2.43. The van der Waals surface area contributed by atoms with E-state index in [1.807, 2.05) is 6.07 Å². The predicted octanol–water partition coefficient (Wildman–Crippen LogP) is 2.73. The van der Waals surface area contributed by atoms with E-state index in [1.54, 1.807) is 18.2 Å². The molecule has 0 heterocycles. The summed E-state index contributed by atoms with van der Waals surface area (Å²) in [6.07, 6.45) is 2.11. The Morgan fingerprint density at radius 1 is 1.44 bits per heavy atom. The third-order valence-corrected chi connectivity index (χ3v) is 3.37. The van der Waals surface area contributed by atoms with Crippen LogP contribution in [0.2, 0.25) is 0 Å². The van der Waals surface area contributed by atoms with Crippen molar-refractivity contribution in [1.82, 2.24) is 0 Å². The highest BCUT2D eigenvalue weighted by molar-refractivity contribution is 5.92. The van der Waals surface area contributed by atoms with Crippen molar-refractivity contribution in [3.05, 3.63) is 35.6 Å². The second-order valence-corrected chi connectivity index (χ2v) is 4.17. The van der Waals surface area contributed by atoms with Crippen LogP contribution >= 0.6 is 0 Å². The maximum absolute atomic E-state index is 13.7. The first-order valence-corrected chi connectivity index (χ1v) is 5.36. The molecule has 0 unspecified atom stereocenters. The minimum Gasteiger partial charge on any atom is -0.298 e. The number of hydrogen-bond acceptors (Lipinski definition) is 2. The lowest BCUT2D eigenvalue weighted by molar-refractivity contribution is -0.126. The third kappa shape index (κ3) is 1.51. The number of ketones is 1. The summed E-state index contributed by atoms with van der Waals surface area (Å²) in [6, 6.07) is 8.23.